The van der Waals surface area contributed by atoms with Crippen molar-refractivity contribution in [2.45, 2.75) is 13.1 Å². The lowest BCUT2D eigenvalue weighted by atomic mass is 10.2. The van der Waals surface area contributed by atoms with Crippen molar-refractivity contribution in [3.05, 3.63) is 34.9 Å². The van der Waals surface area contributed by atoms with E-state index in [0.717, 1.165) is 5.56 Å². The van der Waals surface area contributed by atoms with Gasteiger partial charge < -0.3 is 0 Å². The second kappa shape index (κ2) is 3.75. The van der Waals surface area contributed by atoms with E-state index in [9.17, 15) is 0 Å². The van der Waals surface area contributed by atoms with Gasteiger partial charge in [-0.3, -0.25) is 5.43 Å². The number of halogens is 1. The van der Waals surface area contributed by atoms with Crippen molar-refractivity contribution in [1.82, 2.24) is 5.43 Å². The van der Waals surface area contributed by atoms with Crippen LogP contribution in [0.1, 0.15) is 12.5 Å². The topological polar surface area (TPSA) is 49.1 Å². The molecule has 1 aliphatic heterocycles. The van der Waals surface area contributed by atoms with Gasteiger partial charge in [0.15, 0.2) is 12.0 Å². The fourth-order valence-corrected chi connectivity index (χ4v) is 1.19. The molecule has 1 N–H and O–H groups in total. The molecule has 1 heterocycles. The molecule has 0 bridgehead atoms. The molecule has 1 aromatic rings. The number of nitrogens with zero attached hydrogens (tertiary/aromatic N) is 3. The second-order valence-corrected chi connectivity index (χ2v) is 3.40. The molecule has 0 saturated carbocycles. The van der Waals surface area contributed by atoms with Crippen molar-refractivity contribution in [2.75, 3.05) is 0 Å². The lowest BCUT2D eigenvalue weighted by Crippen LogP contribution is -2.23. The molecule has 1 aromatic carbocycles. The molecule has 2 rings (SSSR count). The normalized spacial score (nSPS) is 20.1. The first-order chi connectivity index (χ1) is 6.75. The van der Waals surface area contributed by atoms with Crippen molar-refractivity contribution >= 4 is 17.4 Å². The van der Waals surface area contributed by atoms with Crippen molar-refractivity contribution in [3.8, 4) is 0 Å². The Morgan fingerprint density at radius 2 is 2.00 bits per heavy atom. The summed E-state index contributed by atoms with van der Waals surface area (Å²) in [5, 5.41) is 12.7. The smallest absolute Gasteiger partial charge is 0.200 e. The van der Waals surface area contributed by atoms with Gasteiger partial charge in [-0.1, -0.05) is 11.6 Å². The fourth-order valence-electron chi connectivity index (χ4n) is 1.07. The maximum absolute atomic E-state index is 5.76. The summed E-state index contributed by atoms with van der Waals surface area (Å²) in [4.78, 5) is 0. The summed E-state index contributed by atoms with van der Waals surface area (Å²) in [6, 6.07) is 7.32. The van der Waals surface area contributed by atoms with E-state index >= 15 is 0 Å². The van der Waals surface area contributed by atoms with Crippen molar-refractivity contribution in [1.29, 1.82) is 0 Å². The number of hydrogen-bond donors (Lipinski definition) is 1. The van der Waals surface area contributed by atoms with Gasteiger partial charge in [0.1, 0.15) is 0 Å². The SMILES string of the molecule is C[C@@H]1N=NC(c2ccc(Cl)cc2)=NN1. The number of nitrogens with one attached hydrogen (secondary N) is 1. The van der Waals surface area contributed by atoms with E-state index in [0.29, 0.717) is 10.9 Å². The minimum atomic E-state index is -0.0500. The van der Waals surface area contributed by atoms with Crippen LogP contribution in [-0.4, -0.2) is 12.0 Å². The molecule has 72 valence electrons. The summed E-state index contributed by atoms with van der Waals surface area (Å²) in [5.74, 6) is 0.583. The molecule has 0 fully saturated rings. The molecule has 0 radical (unpaired) electrons. The number of benzene rings is 1. The molecule has 0 amide bonds. The average molecular weight is 209 g/mol. The van der Waals surface area contributed by atoms with Crippen LogP contribution in [0.25, 0.3) is 0 Å². The standard InChI is InChI=1S/C9H9ClN4/c1-6-11-13-9(14-12-6)7-2-4-8(10)5-3-7/h2-6,11H,1H3/t6-/m0/s1. The molecule has 0 unspecified atom stereocenters. The minimum Gasteiger partial charge on any atom is -0.282 e. The van der Waals surface area contributed by atoms with Gasteiger partial charge in [0.25, 0.3) is 0 Å². The van der Waals surface area contributed by atoms with Crippen LogP contribution in [0, 0.1) is 0 Å². The maximum Gasteiger partial charge on any atom is 0.200 e. The zero-order valence-corrected chi connectivity index (χ0v) is 8.36. The second-order valence-electron chi connectivity index (χ2n) is 2.96. The largest absolute Gasteiger partial charge is 0.282 e. The summed E-state index contributed by atoms with van der Waals surface area (Å²) >= 11 is 5.76. The van der Waals surface area contributed by atoms with E-state index in [1.54, 1.807) is 12.1 Å². The van der Waals surface area contributed by atoms with Gasteiger partial charge in [-0.25, -0.2) is 0 Å². The van der Waals surface area contributed by atoms with E-state index in [4.69, 9.17) is 11.6 Å². The number of azo groups is 1. The van der Waals surface area contributed by atoms with Crippen LogP contribution in [0.5, 0.6) is 0 Å². The van der Waals surface area contributed by atoms with Crippen molar-refractivity contribution in [3.63, 3.8) is 0 Å². The lowest BCUT2D eigenvalue weighted by Gasteiger charge is -2.10. The molecule has 0 saturated heterocycles. The molecule has 4 nitrogen and oxygen atoms in total. The quantitative estimate of drug-likeness (QED) is 0.757. The maximum atomic E-state index is 5.76. The number of rotatable bonds is 1. The van der Waals surface area contributed by atoms with Gasteiger partial charge in [-0.2, -0.15) is 10.2 Å². The van der Waals surface area contributed by atoms with E-state index in [1.165, 1.54) is 0 Å². The number of hydrazone groups is 1. The third kappa shape index (κ3) is 1.90. The van der Waals surface area contributed by atoms with Crippen molar-refractivity contribution < 1.29 is 0 Å². The third-order valence-corrected chi connectivity index (χ3v) is 2.04. The van der Waals surface area contributed by atoms with Gasteiger partial charge in [0.05, 0.1) is 0 Å². The highest BCUT2D eigenvalue weighted by atomic mass is 35.5. The third-order valence-electron chi connectivity index (χ3n) is 1.79. The summed E-state index contributed by atoms with van der Waals surface area (Å²) in [7, 11) is 0. The van der Waals surface area contributed by atoms with Gasteiger partial charge >= 0.3 is 0 Å². The van der Waals surface area contributed by atoms with Crippen LogP contribution in [0.2, 0.25) is 5.02 Å². The Hall–Kier alpha value is -1.42. The van der Waals surface area contributed by atoms with E-state index in [1.807, 2.05) is 19.1 Å². The number of hydrogen-bond acceptors (Lipinski definition) is 4. The van der Waals surface area contributed by atoms with E-state index in [-0.39, 0.29) is 6.17 Å². The number of amidine groups is 1. The summed E-state index contributed by atoms with van der Waals surface area (Å²) in [6.07, 6.45) is -0.0500. The van der Waals surface area contributed by atoms with Gasteiger partial charge in [0.2, 0.25) is 0 Å². The molecule has 14 heavy (non-hydrogen) atoms. The first-order valence-corrected chi connectivity index (χ1v) is 4.63. The van der Waals surface area contributed by atoms with E-state index in [2.05, 4.69) is 20.8 Å². The zero-order chi connectivity index (χ0) is 9.97. The summed E-state index contributed by atoms with van der Waals surface area (Å²) in [6.45, 7) is 1.88. The monoisotopic (exact) mass is 208 g/mol. The average Bonchev–Trinajstić information content (AvgIpc) is 2.21. The van der Waals surface area contributed by atoms with Crippen LogP contribution in [0.4, 0.5) is 0 Å². The Morgan fingerprint density at radius 3 is 2.57 bits per heavy atom. The highest BCUT2D eigenvalue weighted by molar-refractivity contribution is 6.30. The minimum absolute atomic E-state index is 0.0500. The van der Waals surface area contributed by atoms with Crippen LogP contribution in [-0.2, 0) is 0 Å². The van der Waals surface area contributed by atoms with Gasteiger partial charge in [-0.15, -0.1) is 5.11 Å². The predicted octanol–water partition coefficient (Wildman–Crippen LogP) is 2.40. The molecule has 0 aromatic heterocycles. The summed E-state index contributed by atoms with van der Waals surface area (Å²) in [5.41, 5.74) is 3.74. The fraction of sp³-hybridized carbons (Fsp3) is 0.222. The van der Waals surface area contributed by atoms with E-state index < -0.39 is 0 Å². The predicted molar refractivity (Wildman–Crippen MR) is 55.4 cm³/mol. The first kappa shape index (κ1) is 9.15. The van der Waals surface area contributed by atoms with Crippen LogP contribution >= 0.6 is 11.6 Å². The van der Waals surface area contributed by atoms with Crippen LogP contribution in [0.15, 0.2) is 39.6 Å². The molecule has 1 atom stereocenters. The molecular formula is C9H9ClN4. The van der Waals surface area contributed by atoms with Crippen molar-refractivity contribution in [2.24, 2.45) is 15.3 Å². The molecule has 5 heteroatoms. The summed E-state index contributed by atoms with van der Waals surface area (Å²) < 4.78 is 0. The van der Waals surface area contributed by atoms with Gasteiger partial charge in [0, 0.05) is 10.6 Å². The Balaban J connectivity index is 2.24. The molecule has 1 aliphatic rings. The molecular weight excluding hydrogens is 200 g/mol. The highest BCUT2D eigenvalue weighted by Gasteiger charge is 2.08. The Kier molecular flexibility index (Phi) is 2.45. The molecule has 0 aliphatic carbocycles. The molecule has 0 spiro atoms. The highest BCUT2D eigenvalue weighted by Crippen LogP contribution is 2.12. The Bertz CT molecular complexity index is 382. The zero-order valence-electron chi connectivity index (χ0n) is 7.61. The Morgan fingerprint density at radius 1 is 1.29 bits per heavy atom. The Labute approximate surface area is 86.7 Å². The van der Waals surface area contributed by atoms with Crippen LogP contribution in [0.3, 0.4) is 0 Å². The van der Waals surface area contributed by atoms with Crippen LogP contribution < -0.4 is 5.43 Å². The first-order valence-electron chi connectivity index (χ1n) is 4.26. The lowest BCUT2D eigenvalue weighted by molar-refractivity contribution is 0.558. The van der Waals surface area contributed by atoms with Gasteiger partial charge in [-0.05, 0) is 31.2 Å².